The molecule has 2 heterocycles. The second-order valence-corrected chi connectivity index (χ2v) is 6.29. The van der Waals surface area contributed by atoms with Crippen LogP contribution in [0.3, 0.4) is 0 Å². The number of amides is 1. The molecule has 1 aliphatic rings. The third-order valence-corrected chi connectivity index (χ3v) is 4.46. The lowest BCUT2D eigenvalue weighted by atomic mass is 9.99. The van der Waals surface area contributed by atoms with Crippen molar-refractivity contribution in [2.24, 2.45) is 0 Å². The maximum absolute atomic E-state index is 12.8. The summed E-state index contributed by atoms with van der Waals surface area (Å²) in [7, 11) is 0. The molecule has 0 spiro atoms. The highest BCUT2D eigenvalue weighted by Crippen LogP contribution is 2.21. The highest BCUT2D eigenvalue weighted by atomic mass is 16.5. The molecule has 0 N–H and O–H groups in total. The van der Waals surface area contributed by atoms with Crippen LogP contribution < -0.4 is 4.74 Å². The molecular formula is C20H19N3O3. The molecule has 1 aromatic heterocycles. The van der Waals surface area contributed by atoms with Crippen molar-refractivity contribution >= 4 is 5.91 Å². The summed E-state index contributed by atoms with van der Waals surface area (Å²) < 4.78 is 10.5. The molecule has 0 fully saturated rings. The van der Waals surface area contributed by atoms with E-state index in [0.717, 1.165) is 13.0 Å². The molecule has 4 rings (SSSR count). The van der Waals surface area contributed by atoms with Crippen molar-refractivity contribution in [3.05, 3.63) is 76.9 Å². The van der Waals surface area contributed by atoms with Gasteiger partial charge in [-0.05, 0) is 41.8 Å². The molecule has 0 bridgehead atoms. The monoisotopic (exact) mass is 349 g/mol. The zero-order valence-corrected chi connectivity index (χ0v) is 14.5. The molecule has 1 aliphatic heterocycles. The van der Waals surface area contributed by atoms with Crippen LogP contribution in [-0.4, -0.2) is 27.5 Å². The van der Waals surface area contributed by atoms with E-state index in [1.165, 1.54) is 11.1 Å². The number of fused-ring (bicyclic) bond motifs is 1. The first-order valence-electron chi connectivity index (χ1n) is 8.57. The quantitative estimate of drug-likeness (QED) is 0.724. The number of ether oxygens (including phenoxy) is 1. The van der Waals surface area contributed by atoms with Gasteiger partial charge in [0.15, 0.2) is 6.61 Å². The fraction of sp³-hybridized carbons (Fsp3) is 0.250. The second kappa shape index (κ2) is 7.00. The molecular weight excluding hydrogens is 330 g/mol. The molecule has 1 amide bonds. The van der Waals surface area contributed by atoms with Gasteiger partial charge in [-0.25, -0.2) is 0 Å². The van der Waals surface area contributed by atoms with Crippen molar-refractivity contribution in [3.8, 4) is 5.75 Å². The van der Waals surface area contributed by atoms with Crippen LogP contribution in [-0.2, 0) is 19.6 Å². The Morgan fingerprint density at radius 3 is 2.65 bits per heavy atom. The molecule has 0 aliphatic carbocycles. The minimum atomic E-state index is 0.0415. The molecule has 2 aromatic carbocycles. The molecule has 6 heteroatoms. The van der Waals surface area contributed by atoms with Gasteiger partial charge in [0, 0.05) is 25.6 Å². The zero-order chi connectivity index (χ0) is 17.9. The maximum Gasteiger partial charge on any atom is 0.254 e. The number of rotatable bonds is 4. The fourth-order valence-electron chi connectivity index (χ4n) is 3.09. The lowest BCUT2D eigenvalue weighted by molar-refractivity contribution is 0.0734. The van der Waals surface area contributed by atoms with Crippen LogP contribution in [0.25, 0.3) is 0 Å². The van der Waals surface area contributed by atoms with Crippen LogP contribution in [0.1, 0.15) is 33.2 Å². The van der Waals surface area contributed by atoms with Crippen molar-refractivity contribution < 1.29 is 14.1 Å². The molecule has 3 aromatic rings. The third kappa shape index (κ3) is 3.44. The van der Waals surface area contributed by atoms with Crippen LogP contribution >= 0.6 is 0 Å². The summed E-state index contributed by atoms with van der Waals surface area (Å²) in [5, 5.41) is 3.78. The summed E-state index contributed by atoms with van der Waals surface area (Å²) in [5.74, 6) is 1.70. The predicted molar refractivity (Wildman–Crippen MR) is 94.7 cm³/mol. The Morgan fingerprint density at radius 2 is 1.92 bits per heavy atom. The number of hydrogen-bond donors (Lipinski definition) is 0. The first kappa shape index (κ1) is 16.3. The van der Waals surface area contributed by atoms with E-state index in [9.17, 15) is 4.79 Å². The van der Waals surface area contributed by atoms with E-state index in [4.69, 9.17) is 9.26 Å². The highest BCUT2D eigenvalue weighted by Gasteiger charge is 2.21. The van der Waals surface area contributed by atoms with Gasteiger partial charge in [0.05, 0.1) is 0 Å². The molecule has 0 saturated heterocycles. The van der Waals surface area contributed by atoms with Gasteiger partial charge in [-0.15, -0.1) is 0 Å². The topological polar surface area (TPSA) is 68.5 Å². The standard InChI is InChI=1S/C20H19N3O3/c1-14-21-19(22-26-14)13-25-18-8-6-16(7-9-18)20(24)23-11-10-15-4-2-3-5-17(15)12-23/h2-9H,10-13H2,1H3. The van der Waals surface area contributed by atoms with E-state index >= 15 is 0 Å². The summed E-state index contributed by atoms with van der Waals surface area (Å²) in [5.41, 5.74) is 3.21. The minimum absolute atomic E-state index is 0.0415. The second-order valence-electron chi connectivity index (χ2n) is 6.29. The Bertz CT molecular complexity index is 918. The van der Waals surface area contributed by atoms with Gasteiger partial charge in [0.1, 0.15) is 5.75 Å². The van der Waals surface area contributed by atoms with Crippen molar-refractivity contribution in [3.63, 3.8) is 0 Å². The van der Waals surface area contributed by atoms with E-state index in [1.54, 1.807) is 31.2 Å². The number of nitrogens with zero attached hydrogens (tertiary/aromatic N) is 3. The number of hydrogen-bond acceptors (Lipinski definition) is 5. The van der Waals surface area contributed by atoms with E-state index in [-0.39, 0.29) is 12.5 Å². The summed E-state index contributed by atoms with van der Waals surface area (Å²) in [6.45, 7) is 3.36. The van der Waals surface area contributed by atoms with E-state index in [1.807, 2.05) is 17.0 Å². The summed E-state index contributed by atoms with van der Waals surface area (Å²) in [6, 6.07) is 15.4. The van der Waals surface area contributed by atoms with Gasteiger partial charge in [0.25, 0.3) is 5.91 Å². The van der Waals surface area contributed by atoms with Gasteiger partial charge in [-0.1, -0.05) is 29.4 Å². The zero-order valence-electron chi connectivity index (χ0n) is 14.5. The summed E-state index contributed by atoms with van der Waals surface area (Å²) in [6.07, 6.45) is 0.896. The first-order chi connectivity index (χ1) is 12.7. The lowest BCUT2D eigenvalue weighted by Crippen LogP contribution is -2.35. The lowest BCUT2D eigenvalue weighted by Gasteiger charge is -2.29. The van der Waals surface area contributed by atoms with E-state index < -0.39 is 0 Å². The fourth-order valence-corrected chi connectivity index (χ4v) is 3.09. The number of carbonyl (C=O) groups excluding carboxylic acids is 1. The van der Waals surface area contributed by atoms with Crippen molar-refractivity contribution in [2.45, 2.75) is 26.5 Å². The van der Waals surface area contributed by atoms with Gasteiger partial charge >= 0.3 is 0 Å². The van der Waals surface area contributed by atoms with Crippen LogP contribution in [0.4, 0.5) is 0 Å². The number of aromatic nitrogens is 2. The normalized spacial score (nSPS) is 13.3. The molecule has 0 unspecified atom stereocenters. The average Bonchev–Trinajstić information content (AvgIpc) is 3.11. The maximum atomic E-state index is 12.8. The molecule has 132 valence electrons. The number of benzene rings is 2. The largest absolute Gasteiger partial charge is 0.485 e. The number of aryl methyl sites for hydroxylation is 1. The Labute approximate surface area is 151 Å². The van der Waals surface area contributed by atoms with E-state index in [0.29, 0.717) is 29.6 Å². The van der Waals surface area contributed by atoms with E-state index in [2.05, 4.69) is 22.3 Å². The van der Waals surface area contributed by atoms with Gasteiger partial charge in [-0.3, -0.25) is 4.79 Å². The smallest absolute Gasteiger partial charge is 0.254 e. The number of carbonyl (C=O) groups is 1. The van der Waals surface area contributed by atoms with Crippen molar-refractivity contribution in [1.29, 1.82) is 0 Å². The first-order valence-corrected chi connectivity index (χ1v) is 8.57. The predicted octanol–water partition coefficient (Wildman–Crippen LogP) is 3.16. The Hall–Kier alpha value is -3.15. The van der Waals surface area contributed by atoms with Crippen LogP contribution in [0.15, 0.2) is 53.1 Å². The van der Waals surface area contributed by atoms with Crippen LogP contribution in [0, 0.1) is 6.92 Å². The Kier molecular flexibility index (Phi) is 4.39. The van der Waals surface area contributed by atoms with Crippen LogP contribution in [0.5, 0.6) is 5.75 Å². The van der Waals surface area contributed by atoms with Gasteiger partial charge < -0.3 is 14.2 Å². The van der Waals surface area contributed by atoms with Crippen molar-refractivity contribution in [1.82, 2.24) is 15.0 Å². The Balaban J connectivity index is 1.39. The molecule has 6 nitrogen and oxygen atoms in total. The Morgan fingerprint density at radius 1 is 1.15 bits per heavy atom. The summed E-state index contributed by atoms with van der Waals surface area (Å²) in [4.78, 5) is 18.7. The van der Waals surface area contributed by atoms with Gasteiger partial charge in [-0.2, -0.15) is 4.98 Å². The minimum Gasteiger partial charge on any atom is -0.485 e. The molecule has 0 radical (unpaired) electrons. The molecule has 0 atom stereocenters. The summed E-state index contributed by atoms with van der Waals surface area (Å²) >= 11 is 0. The molecule has 0 saturated carbocycles. The average molecular weight is 349 g/mol. The van der Waals surface area contributed by atoms with Gasteiger partial charge in [0.2, 0.25) is 11.7 Å². The van der Waals surface area contributed by atoms with Crippen LogP contribution in [0.2, 0.25) is 0 Å². The third-order valence-electron chi connectivity index (χ3n) is 4.46. The molecule has 26 heavy (non-hydrogen) atoms. The SMILES string of the molecule is Cc1nc(COc2ccc(C(=O)N3CCc4ccccc4C3)cc2)no1. The highest BCUT2D eigenvalue weighted by molar-refractivity contribution is 5.94. The van der Waals surface area contributed by atoms with Crippen molar-refractivity contribution in [2.75, 3.05) is 6.54 Å².